The third kappa shape index (κ3) is 4.73. The molecule has 1 aliphatic rings. The van der Waals surface area contributed by atoms with Crippen molar-refractivity contribution in [1.29, 1.82) is 0 Å². The molecule has 1 unspecified atom stereocenters. The summed E-state index contributed by atoms with van der Waals surface area (Å²) in [6.45, 7) is 4.36. The Morgan fingerprint density at radius 2 is 1.94 bits per heavy atom. The molecule has 0 bridgehead atoms. The number of primary amides is 1. The first-order chi connectivity index (χ1) is 8.15. The van der Waals surface area contributed by atoms with Crippen LogP contribution in [0, 0.1) is 0 Å². The van der Waals surface area contributed by atoms with E-state index in [1.165, 1.54) is 6.42 Å². The van der Waals surface area contributed by atoms with E-state index in [1.807, 2.05) is 11.8 Å². The van der Waals surface area contributed by atoms with Crippen molar-refractivity contribution in [3.63, 3.8) is 0 Å². The van der Waals surface area contributed by atoms with Crippen LogP contribution in [0.15, 0.2) is 0 Å². The van der Waals surface area contributed by atoms with Crippen LogP contribution in [0.3, 0.4) is 0 Å². The second-order valence-electron chi connectivity index (χ2n) is 4.55. The fraction of sp³-hybridized carbons (Fsp3) is 0.833. The quantitative estimate of drug-likeness (QED) is 0.699. The zero-order chi connectivity index (χ0) is 12.7. The number of nitrogens with two attached hydrogens (primary N) is 1. The summed E-state index contributed by atoms with van der Waals surface area (Å²) in [7, 11) is 0. The first-order valence-electron chi connectivity index (χ1n) is 6.45. The number of nitrogens with one attached hydrogen (secondary N) is 1. The predicted molar refractivity (Wildman–Crippen MR) is 66.3 cm³/mol. The molecule has 5 heteroatoms. The molecule has 0 spiro atoms. The van der Waals surface area contributed by atoms with Gasteiger partial charge in [-0.25, -0.2) is 0 Å². The first-order valence-corrected chi connectivity index (χ1v) is 6.45. The van der Waals surface area contributed by atoms with Crippen LogP contribution in [0.1, 0.15) is 39.0 Å². The topological polar surface area (TPSA) is 75.4 Å². The summed E-state index contributed by atoms with van der Waals surface area (Å²) in [4.78, 5) is 25.0. The Morgan fingerprint density at radius 1 is 1.29 bits per heavy atom. The van der Waals surface area contributed by atoms with Crippen molar-refractivity contribution in [1.82, 2.24) is 10.2 Å². The van der Waals surface area contributed by atoms with E-state index in [-0.39, 0.29) is 12.3 Å². The molecule has 0 radical (unpaired) electrons. The van der Waals surface area contributed by atoms with Gasteiger partial charge in [-0.1, -0.05) is 6.92 Å². The van der Waals surface area contributed by atoms with Crippen LogP contribution in [0.2, 0.25) is 0 Å². The molecule has 1 aliphatic heterocycles. The average molecular weight is 241 g/mol. The number of amides is 2. The Kier molecular flexibility index (Phi) is 5.97. The molecule has 17 heavy (non-hydrogen) atoms. The second kappa shape index (κ2) is 7.27. The van der Waals surface area contributed by atoms with E-state index in [4.69, 9.17) is 5.73 Å². The lowest BCUT2D eigenvalue weighted by Crippen LogP contribution is -2.46. The number of hydrogen-bond acceptors (Lipinski definition) is 3. The minimum Gasteiger partial charge on any atom is -0.368 e. The molecule has 1 atom stereocenters. The van der Waals surface area contributed by atoms with Crippen LogP contribution in [0.25, 0.3) is 0 Å². The third-order valence-corrected chi connectivity index (χ3v) is 3.07. The number of likely N-dealkylation sites (tertiary alicyclic amines) is 1. The van der Waals surface area contributed by atoms with Gasteiger partial charge in [-0.15, -0.1) is 0 Å². The van der Waals surface area contributed by atoms with Crippen LogP contribution in [0.4, 0.5) is 0 Å². The normalized spacial score (nSPS) is 17.8. The van der Waals surface area contributed by atoms with Gasteiger partial charge in [0.1, 0.15) is 0 Å². The van der Waals surface area contributed by atoms with Gasteiger partial charge in [-0.05, 0) is 32.2 Å². The van der Waals surface area contributed by atoms with Gasteiger partial charge in [0.25, 0.3) is 0 Å². The van der Waals surface area contributed by atoms with Gasteiger partial charge >= 0.3 is 0 Å². The summed E-state index contributed by atoms with van der Waals surface area (Å²) in [5.74, 6) is -0.402. The molecule has 1 saturated heterocycles. The van der Waals surface area contributed by atoms with Crippen molar-refractivity contribution in [2.24, 2.45) is 5.73 Å². The lowest BCUT2D eigenvalue weighted by atomic mass is 10.1. The molecule has 0 aromatic rings. The zero-order valence-corrected chi connectivity index (χ0v) is 10.6. The Morgan fingerprint density at radius 3 is 2.47 bits per heavy atom. The maximum Gasteiger partial charge on any atom is 0.235 e. The average Bonchev–Trinajstić information content (AvgIpc) is 2.35. The fourth-order valence-electron chi connectivity index (χ4n) is 2.04. The molecule has 0 aliphatic carbocycles. The van der Waals surface area contributed by atoms with Crippen LogP contribution >= 0.6 is 0 Å². The molecule has 0 saturated carbocycles. The van der Waals surface area contributed by atoms with Crippen LogP contribution in [0.5, 0.6) is 0 Å². The maximum absolute atomic E-state index is 12.0. The Balaban J connectivity index is 2.42. The number of rotatable bonds is 6. The molecule has 1 heterocycles. The lowest BCUT2D eigenvalue weighted by molar-refractivity contribution is -0.135. The molecule has 1 fully saturated rings. The number of carbonyl (C=O) groups is 2. The van der Waals surface area contributed by atoms with Crippen molar-refractivity contribution in [2.75, 3.05) is 19.6 Å². The zero-order valence-electron chi connectivity index (χ0n) is 10.6. The minimum atomic E-state index is -0.524. The van der Waals surface area contributed by atoms with E-state index in [1.54, 1.807) is 0 Å². The van der Waals surface area contributed by atoms with Crippen molar-refractivity contribution in [3.05, 3.63) is 0 Å². The molecule has 3 N–H and O–H groups in total. The number of nitrogens with zero attached hydrogens (tertiary/aromatic N) is 1. The van der Waals surface area contributed by atoms with Crippen molar-refractivity contribution < 1.29 is 9.59 Å². The van der Waals surface area contributed by atoms with E-state index >= 15 is 0 Å². The summed E-state index contributed by atoms with van der Waals surface area (Å²) < 4.78 is 0. The highest BCUT2D eigenvalue weighted by atomic mass is 16.2. The number of hydrogen-bond donors (Lipinski definition) is 2. The summed E-state index contributed by atoms with van der Waals surface area (Å²) in [6.07, 6.45) is 4.43. The first kappa shape index (κ1) is 14.0. The van der Waals surface area contributed by atoms with Crippen LogP contribution in [-0.2, 0) is 9.59 Å². The van der Waals surface area contributed by atoms with Crippen LogP contribution < -0.4 is 11.1 Å². The highest BCUT2D eigenvalue weighted by Crippen LogP contribution is 2.10. The number of carbonyl (C=O) groups excluding carboxylic acids is 2. The van der Waals surface area contributed by atoms with Gasteiger partial charge in [-0.3, -0.25) is 9.59 Å². The van der Waals surface area contributed by atoms with Gasteiger partial charge in [0.15, 0.2) is 0 Å². The second-order valence-corrected chi connectivity index (χ2v) is 4.55. The summed E-state index contributed by atoms with van der Waals surface area (Å²) in [5.41, 5.74) is 5.28. The van der Waals surface area contributed by atoms with E-state index in [0.717, 1.165) is 32.4 Å². The molecule has 0 aromatic carbocycles. The van der Waals surface area contributed by atoms with Gasteiger partial charge in [0.05, 0.1) is 12.5 Å². The SMILES string of the molecule is CCCNC(CC(=O)N1CCCCC1)C(N)=O. The Bertz CT molecular complexity index is 262. The van der Waals surface area contributed by atoms with E-state index in [2.05, 4.69) is 5.32 Å². The predicted octanol–water partition coefficient (Wildman–Crippen LogP) is 0.243. The fourth-order valence-corrected chi connectivity index (χ4v) is 2.04. The maximum atomic E-state index is 12.0. The van der Waals surface area contributed by atoms with Gasteiger partial charge < -0.3 is 16.0 Å². The van der Waals surface area contributed by atoms with Crippen molar-refractivity contribution in [3.8, 4) is 0 Å². The van der Waals surface area contributed by atoms with Gasteiger partial charge in [0, 0.05) is 13.1 Å². The van der Waals surface area contributed by atoms with Crippen molar-refractivity contribution in [2.45, 2.75) is 45.1 Å². The lowest BCUT2D eigenvalue weighted by Gasteiger charge is -2.28. The molecule has 1 rings (SSSR count). The van der Waals surface area contributed by atoms with E-state index in [0.29, 0.717) is 6.54 Å². The van der Waals surface area contributed by atoms with Gasteiger partial charge in [-0.2, -0.15) is 0 Å². The standard InChI is InChI=1S/C12H23N3O2/c1-2-6-14-10(12(13)17)9-11(16)15-7-4-3-5-8-15/h10,14H,2-9H2,1H3,(H2,13,17). The molecule has 98 valence electrons. The van der Waals surface area contributed by atoms with Crippen LogP contribution in [-0.4, -0.2) is 42.4 Å². The van der Waals surface area contributed by atoms with E-state index in [9.17, 15) is 9.59 Å². The monoisotopic (exact) mass is 241 g/mol. The molecule has 5 nitrogen and oxygen atoms in total. The molecule has 2 amide bonds. The van der Waals surface area contributed by atoms with Crippen molar-refractivity contribution >= 4 is 11.8 Å². The molecular weight excluding hydrogens is 218 g/mol. The van der Waals surface area contributed by atoms with E-state index < -0.39 is 11.9 Å². The smallest absolute Gasteiger partial charge is 0.235 e. The molecule has 0 aromatic heterocycles. The summed E-state index contributed by atoms with van der Waals surface area (Å²) in [6, 6.07) is -0.524. The number of piperidine rings is 1. The highest BCUT2D eigenvalue weighted by Gasteiger charge is 2.23. The minimum absolute atomic E-state index is 0.0390. The third-order valence-electron chi connectivity index (χ3n) is 3.07. The summed E-state index contributed by atoms with van der Waals surface area (Å²) >= 11 is 0. The summed E-state index contributed by atoms with van der Waals surface area (Å²) in [5, 5.41) is 3.02. The Hall–Kier alpha value is -1.10. The Labute approximate surface area is 103 Å². The van der Waals surface area contributed by atoms with Gasteiger partial charge in [0.2, 0.25) is 11.8 Å². The highest BCUT2D eigenvalue weighted by molar-refractivity contribution is 5.87. The molecular formula is C12H23N3O2. The largest absolute Gasteiger partial charge is 0.368 e.